The quantitative estimate of drug-likeness (QED) is 0.0162. The molecule has 9 rings (SSSR count). The molecular weight excluding hydrogens is 1040 g/mol. The summed E-state index contributed by atoms with van der Waals surface area (Å²) >= 11 is 0. The van der Waals surface area contributed by atoms with Crippen molar-refractivity contribution < 1.29 is 50.5 Å². The number of aliphatic hydroxyl groups excluding tert-OH is 1. The fourth-order valence-electron chi connectivity index (χ4n) is 10.8. The Morgan fingerprint density at radius 1 is 1.00 bits per heavy atom. The molecule has 0 saturated carbocycles. The number of carbonyl (C=O) groups excluding carboxylic acids is 1. The number of carbonyl (C=O) groups is 1. The molecule has 8 N–H and O–H groups in total. The van der Waals surface area contributed by atoms with Crippen LogP contribution >= 0.6 is 7.82 Å². The van der Waals surface area contributed by atoms with Gasteiger partial charge in [-0.05, 0) is 87.9 Å². The third kappa shape index (κ3) is 11.9. The van der Waals surface area contributed by atoms with Crippen LogP contribution in [0.25, 0.3) is 39.9 Å². The fraction of sp³-hybridized carbons (Fsp3) is 0.436. The third-order valence-corrected chi connectivity index (χ3v) is 16.7. The van der Waals surface area contributed by atoms with E-state index in [1.54, 1.807) is 12.1 Å². The number of phosphoric ester groups is 1. The molecule has 5 atom stereocenters. The van der Waals surface area contributed by atoms with Gasteiger partial charge in [0.05, 0.1) is 17.6 Å². The number of benzene rings is 3. The van der Waals surface area contributed by atoms with Crippen LogP contribution in [0.3, 0.4) is 0 Å². The number of anilines is 3. The summed E-state index contributed by atoms with van der Waals surface area (Å²) in [6, 6.07) is 21.2. The summed E-state index contributed by atoms with van der Waals surface area (Å²) in [5.41, 5.74) is 11.2. The van der Waals surface area contributed by atoms with Gasteiger partial charge in [-0.3, -0.25) is 32.7 Å². The van der Waals surface area contributed by atoms with Crippen molar-refractivity contribution in [3.63, 3.8) is 0 Å². The van der Waals surface area contributed by atoms with Crippen LogP contribution in [0.1, 0.15) is 102 Å². The predicted molar refractivity (Wildman–Crippen MR) is 297 cm³/mol. The highest BCUT2D eigenvalue weighted by Crippen LogP contribution is 2.53. The summed E-state index contributed by atoms with van der Waals surface area (Å²) in [5, 5.41) is 18.5. The van der Waals surface area contributed by atoms with Crippen molar-refractivity contribution in [2.75, 3.05) is 55.3 Å². The number of unbranched alkanes of at least 4 members (excludes halogenated alkanes) is 5. The number of nitrogen functional groups attached to an aromatic ring is 1. The lowest BCUT2D eigenvalue weighted by atomic mass is 9.83. The summed E-state index contributed by atoms with van der Waals surface area (Å²) in [6.45, 7) is 13.5. The van der Waals surface area contributed by atoms with Gasteiger partial charge in [0, 0.05) is 65.6 Å². The number of amides is 1. The molecule has 1 aliphatic carbocycles. The van der Waals surface area contributed by atoms with E-state index in [9.17, 15) is 37.1 Å². The molecule has 4 aromatic rings. The van der Waals surface area contributed by atoms with Gasteiger partial charge in [0.25, 0.3) is 15.7 Å². The number of imidazole rings is 1. The van der Waals surface area contributed by atoms with Gasteiger partial charge in [0.1, 0.15) is 42.9 Å². The van der Waals surface area contributed by atoms with E-state index in [4.69, 9.17) is 23.9 Å². The highest BCUT2D eigenvalue weighted by Gasteiger charge is 2.53. The van der Waals surface area contributed by atoms with Gasteiger partial charge in [-0.1, -0.05) is 75.6 Å². The number of ether oxygens (including phenoxy) is 1. The zero-order valence-corrected chi connectivity index (χ0v) is 46.2. The molecule has 4 aliphatic heterocycles. The van der Waals surface area contributed by atoms with E-state index in [0.717, 1.165) is 101 Å². The first-order valence-corrected chi connectivity index (χ1v) is 29.5. The van der Waals surface area contributed by atoms with Crippen molar-refractivity contribution in [1.82, 2.24) is 29.4 Å². The summed E-state index contributed by atoms with van der Waals surface area (Å²) in [5.74, 6) is 1.54. The van der Waals surface area contributed by atoms with Gasteiger partial charge in [-0.25, -0.2) is 14.1 Å². The van der Waals surface area contributed by atoms with Gasteiger partial charge in [-0.2, -0.15) is 13.4 Å². The van der Waals surface area contributed by atoms with Crippen LogP contribution in [0.15, 0.2) is 98.7 Å². The van der Waals surface area contributed by atoms with Crippen LogP contribution in [0.2, 0.25) is 0 Å². The Balaban J connectivity index is 0.791. The first-order valence-electron chi connectivity index (χ1n) is 26.6. The van der Waals surface area contributed by atoms with E-state index in [1.807, 2.05) is 36.4 Å². The zero-order chi connectivity index (χ0) is 55.5. The van der Waals surface area contributed by atoms with E-state index in [-0.39, 0.29) is 40.5 Å². The van der Waals surface area contributed by atoms with Crippen molar-refractivity contribution in [3.05, 3.63) is 117 Å². The van der Waals surface area contributed by atoms with Crippen LogP contribution in [0, 0.1) is 6.92 Å². The SMILES string of the molecule is CC[N+](CC)=c1ccc2c(/C=C/C=C3/N(CCCCCC(=O)NCCCCCCNc4nc5c(=O)[nH]c(N)nc5n4[C@@H]4O[C@@H]5COP(=O)(O)O[C@H]5[C@H]4O)c4ccc(S(=O)(=O)O)cc4C3(C)C)c(C)c(-c3ccccc3)oc-2c1. The Morgan fingerprint density at radius 3 is 2.49 bits per heavy atom. The second kappa shape index (κ2) is 23.5. The highest BCUT2D eigenvalue weighted by molar-refractivity contribution is 7.85. The van der Waals surface area contributed by atoms with Gasteiger partial charge < -0.3 is 40.4 Å². The number of phosphoric acid groups is 1. The molecule has 0 radical (unpaired) electrons. The number of nitrogens with zero attached hydrogens (tertiary/aromatic N) is 5. The summed E-state index contributed by atoms with van der Waals surface area (Å²) in [7, 11) is -8.83. The summed E-state index contributed by atoms with van der Waals surface area (Å²) in [4.78, 5) is 48.7. The molecule has 1 amide bonds. The van der Waals surface area contributed by atoms with Gasteiger partial charge in [0.2, 0.25) is 23.2 Å². The summed E-state index contributed by atoms with van der Waals surface area (Å²) < 4.78 is 73.1. The molecule has 5 aliphatic rings. The minimum atomic E-state index is -4.45. The normalized spacial score (nSPS) is 21.4. The molecule has 416 valence electrons. The average Bonchev–Trinajstić information content (AvgIpc) is 4.23. The highest BCUT2D eigenvalue weighted by atomic mass is 32.2. The maximum absolute atomic E-state index is 12.9. The van der Waals surface area contributed by atoms with Crippen LogP contribution in [0.4, 0.5) is 17.6 Å². The summed E-state index contributed by atoms with van der Waals surface area (Å²) in [6.07, 6.45) is 7.28. The molecule has 2 fully saturated rings. The molecule has 78 heavy (non-hydrogen) atoms. The molecule has 1 unspecified atom stereocenters. The number of fused-ring (bicyclic) bond motifs is 4. The van der Waals surface area contributed by atoms with Crippen molar-refractivity contribution in [2.24, 2.45) is 0 Å². The van der Waals surface area contributed by atoms with E-state index in [1.165, 1.54) is 10.6 Å². The smallest absolute Gasteiger partial charge is 0.456 e. The van der Waals surface area contributed by atoms with Crippen molar-refractivity contribution >= 4 is 58.7 Å². The van der Waals surface area contributed by atoms with E-state index < -0.39 is 53.5 Å². The minimum absolute atomic E-state index is 0.0259. The topological polar surface area (TPSA) is 290 Å². The molecule has 0 bridgehead atoms. The molecule has 2 aromatic heterocycles. The number of nitrogens with two attached hydrogens (primary N) is 1. The third-order valence-electron chi connectivity index (χ3n) is 14.8. The molecule has 21 nitrogen and oxygen atoms in total. The Kier molecular flexibility index (Phi) is 16.9. The zero-order valence-electron chi connectivity index (χ0n) is 44.5. The molecule has 6 heterocycles. The monoisotopic (exact) mass is 1110 g/mol. The number of allylic oxidation sites excluding steroid dienone is 3. The second-order valence-electron chi connectivity index (χ2n) is 20.4. The lowest BCUT2D eigenvalue weighted by Gasteiger charge is -2.27. The lowest BCUT2D eigenvalue weighted by Crippen LogP contribution is -2.39. The van der Waals surface area contributed by atoms with Crippen molar-refractivity contribution in [2.45, 2.75) is 121 Å². The van der Waals surface area contributed by atoms with Gasteiger partial charge in [-0.15, -0.1) is 0 Å². The Labute approximate surface area is 452 Å². The molecular formula is C55H69N9O12PS+. The van der Waals surface area contributed by atoms with Gasteiger partial charge >= 0.3 is 7.82 Å². The number of rotatable bonds is 21. The number of H-pyrrole nitrogens is 1. The number of nitrogens with one attached hydrogen (secondary N) is 3. The lowest BCUT2D eigenvalue weighted by molar-refractivity contribution is -0.121. The predicted octanol–water partition coefficient (Wildman–Crippen LogP) is 7.25. The molecule has 0 spiro atoms. The van der Waals surface area contributed by atoms with Crippen LogP contribution < -0.4 is 36.8 Å². The Hall–Kier alpha value is -6.49. The first kappa shape index (κ1) is 56.2. The Bertz CT molecular complexity index is 3520. The van der Waals surface area contributed by atoms with E-state index in [2.05, 4.69) is 100 Å². The van der Waals surface area contributed by atoms with E-state index >= 15 is 0 Å². The van der Waals surface area contributed by atoms with Crippen molar-refractivity contribution in [3.8, 4) is 22.6 Å². The fourth-order valence-corrected chi connectivity index (χ4v) is 12.2. The second-order valence-corrected chi connectivity index (χ2v) is 23.2. The number of hydrogen-bond acceptors (Lipinski definition) is 15. The van der Waals surface area contributed by atoms with Crippen LogP contribution in [-0.2, 0) is 38.7 Å². The largest absolute Gasteiger partial charge is 0.472 e. The number of aromatic amines is 1. The number of aromatic nitrogens is 4. The maximum Gasteiger partial charge on any atom is 0.472 e. The standard InChI is InChI=1S/C55H68N9O12PS/c1-6-62(7-2)36-24-26-39-38(34(3)48(74-42(39)31-36)35-19-12-10-13-20-35)21-18-22-44-55(4,5)40-32-37(78(70,71)72)25-27-41(40)63(44)30-17-11-14-23-45(65)57-28-15-8-9-16-29-58-54-59-46-50(60-53(56)61-51(46)67)64(54)52-47(66)49-43(75-52)33-73-77(68,69)76-49/h10,12-13,18-22,24-27,31-32,43,47,49,52,66H,6-9,11,14-17,23,28-30,33H2,1-5H3,(H6-,56,57,58,59,60,61,65,67,68,69,70,71,72)/p+1/t43-,47-,49-,52-/m1/s1. The van der Waals surface area contributed by atoms with Gasteiger partial charge in [0.15, 0.2) is 17.4 Å². The molecule has 23 heteroatoms. The van der Waals surface area contributed by atoms with E-state index in [0.29, 0.717) is 38.9 Å². The molecule has 2 aromatic carbocycles. The number of aliphatic hydroxyl groups is 1. The molecule has 2 saturated heterocycles. The Morgan fingerprint density at radius 2 is 1.74 bits per heavy atom. The van der Waals surface area contributed by atoms with Crippen LogP contribution in [-0.4, -0.2) is 106 Å². The minimum Gasteiger partial charge on any atom is -0.456 e. The average molecular weight is 1110 g/mol. The first-order chi connectivity index (χ1) is 37.3. The van der Waals surface area contributed by atoms with Crippen LogP contribution in [0.5, 0.6) is 0 Å². The van der Waals surface area contributed by atoms with Crippen molar-refractivity contribution in [1.29, 1.82) is 0 Å². The number of hydrogen-bond donors (Lipinski definition) is 7. The maximum atomic E-state index is 12.9.